The molecule has 16 heavy (non-hydrogen) atoms. The lowest BCUT2D eigenvalue weighted by Gasteiger charge is -2.15. The molecule has 0 aromatic heterocycles. The summed E-state index contributed by atoms with van der Waals surface area (Å²) in [6.07, 6.45) is 6.24. The highest BCUT2D eigenvalue weighted by atomic mass is 32.2. The van der Waals surface area contributed by atoms with Crippen molar-refractivity contribution < 1.29 is 9.84 Å². The molecule has 2 aliphatic heterocycles. The zero-order valence-corrected chi connectivity index (χ0v) is 11.4. The summed E-state index contributed by atoms with van der Waals surface area (Å²) in [5.41, 5.74) is 0. The minimum atomic E-state index is 0.587. The van der Waals surface area contributed by atoms with Crippen LogP contribution >= 0.6 is 23.5 Å². The third-order valence-corrected chi connectivity index (χ3v) is 4.68. The molecule has 0 bridgehead atoms. The van der Waals surface area contributed by atoms with Gasteiger partial charge in [-0.05, 0) is 24.3 Å². The van der Waals surface area contributed by atoms with Crippen LogP contribution in [-0.4, -0.2) is 40.3 Å². The van der Waals surface area contributed by atoms with Crippen LogP contribution in [0.15, 0.2) is 0 Å². The lowest BCUT2D eigenvalue weighted by atomic mass is 10.3. The van der Waals surface area contributed by atoms with Gasteiger partial charge in [0.05, 0.1) is 12.2 Å². The van der Waals surface area contributed by atoms with Gasteiger partial charge in [0, 0.05) is 17.9 Å². The predicted molar refractivity (Wildman–Crippen MR) is 72.5 cm³/mol. The van der Waals surface area contributed by atoms with Gasteiger partial charge in [0.1, 0.15) is 6.11 Å². The average molecular weight is 260 g/mol. The van der Waals surface area contributed by atoms with Gasteiger partial charge in [0.2, 0.25) is 0 Å². The van der Waals surface area contributed by atoms with Crippen LogP contribution in [0.25, 0.3) is 0 Å². The zero-order valence-electron chi connectivity index (χ0n) is 9.78. The summed E-state index contributed by atoms with van der Waals surface area (Å²) in [7, 11) is 0. The van der Waals surface area contributed by atoms with Gasteiger partial charge in [-0.25, -0.2) is 0 Å². The lowest BCUT2D eigenvalue weighted by Crippen LogP contribution is -2.21. The van der Waals surface area contributed by atoms with E-state index < -0.39 is 0 Å². The van der Waals surface area contributed by atoms with Crippen LogP contribution in [0.3, 0.4) is 0 Å². The van der Waals surface area contributed by atoms with Gasteiger partial charge in [-0.15, -0.1) is 0 Å². The topological polar surface area (TPSA) is 29.5 Å². The number of hydrogen-bond acceptors (Lipinski definition) is 4. The van der Waals surface area contributed by atoms with E-state index >= 15 is 0 Å². The van der Waals surface area contributed by atoms with Gasteiger partial charge in [-0.1, -0.05) is 12.8 Å². The van der Waals surface area contributed by atoms with E-state index in [1.807, 2.05) is 30.4 Å². The standard InChI is InChI=1S/C8H14OS2.C4H6O/c1-3-10-5-7(1)9-8-2-4-11-6-8;1-2-3-4-5/h7-8H,1-6H2;5H,2H2,1H3. The predicted octanol–water partition coefficient (Wildman–Crippen LogP) is 2.74. The Kier molecular flexibility index (Phi) is 8.00. The Morgan fingerprint density at radius 1 is 1.19 bits per heavy atom. The highest BCUT2D eigenvalue weighted by molar-refractivity contribution is 7.99. The lowest BCUT2D eigenvalue weighted by molar-refractivity contribution is 0.0176. The van der Waals surface area contributed by atoms with E-state index in [0.29, 0.717) is 12.2 Å². The molecule has 2 rings (SSSR count). The quantitative estimate of drug-likeness (QED) is 0.773. The number of rotatable bonds is 2. The molecule has 0 aromatic carbocycles. The van der Waals surface area contributed by atoms with E-state index in [0.717, 1.165) is 6.42 Å². The van der Waals surface area contributed by atoms with Gasteiger partial charge in [-0.3, -0.25) is 0 Å². The maximum absolute atomic E-state index is 7.71. The second kappa shape index (κ2) is 9.09. The highest BCUT2D eigenvalue weighted by Crippen LogP contribution is 2.26. The Hall–Kier alpha value is 0.0200. The van der Waals surface area contributed by atoms with Crippen molar-refractivity contribution in [2.24, 2.45) is 0 Å². The van der Waals surface area contributed by atoms with Crippen LogP contribution in [0.1, 0.15) is 26.2 Å². The molecule has 2 saturated heterocycles. The molecule has 0 saturated carbocycles. The van der Waals surface area contributed by atoms with Crippen LogP contribution < -0.4 is 0 Å². The van der Waals surface area contributed by atoms with Crippen molar-refractivity contribution in [2.45, 2.75) is 38.4 Å². The molecule has 4 heteroatoms. The van der Waals surface area contributed by atoms with Crippen molar-refractivity contribution in [1.82, 2.24) is 0 Å². The molecule has 1 N–H and O–H groups in total. The van der Waals surface area contributed by atoms with Gasteiger partial charge in [0.15, 0.2) is 0 Å². The second-order valence-electron chi connectivity index (χ2n) is 3.75. The largest absolute Gasteiger partial charge is 0.462 e. The van der Waals surface area contributed by atoms with Crippen molar-refractivity contribution >= 4 is 23.5 Å². The Labute approximate surface area is 107 Å². The molecule has 0 aliphatic carbocycles. The first-order valence-electron chi connectivity index (χ1n) is 5.79. The molecule has 0 radical (unpaired) electrons. The molecule has 2 aliphatic rings. The summed E-state index contributed by atoms with van der Waals surface area (Å²) in [5.74, 6) is 7.51. The SMILES string of the molecule is C1CC(OC2CCSC2)CS1.CCC#CO. The maximum Gasteiger partial charge on any atom is 0.107 e. The molecule has 0 aromatic rings. The van der Waals surface area contributed by atoms with E-state index in [1.54, 1.807) is 6.11 Å². The van der Waals surface area contributed by atoms with Crippen LogP contribution in [0, 0.1) is 12.0 Å². The Bertz CT molecular complexity index is 209. The zero-order chi connectivity index (χ0) is 11.6. The molecule has 2 heterocycles. The Morgan fingerprint density at radius 2 is 1.75 bits per heavy atom. The van der Waals surface area contributed by atoms with Gasteiger partial charge in [0.25, 0.3) is 0 Å². The second-order valence-corrected chi connectivity index (χ2v) is 6.05. The summed E-state index contributed by atoms with van der Waals surface area (Å²) < 4.78 is 5.93. The summed E-state index contributed by atoms with van der Waals surface area (Å²) in [6, 6.07) is 0. The third-order valence-electron chi connectivity index (χ3n) is 2.42. The molecule has 0 amide bonds. The van der Waals surface area contributed by atoms with E-state index in [9.17, 15) is 0 Å². The number of thioether (sulfide) groups is 2. The van der Waals surface area contributed by atoms with Crippen LogP contribution in [0.4, 0.5) is 0 Å². The normalized spacial score (nSPS) is 27.8. The molecule has 2 nitrogen and oxygen atoms in total. The number of hydrogen-bond donors (Lipinski definition) is 1. The van der Waals surface area contributed by atoms with Crippen molar-refractivity contribution in [1.29, 1.82) is 0 Å². The fourth-order valence-electron chi connectivity index (χ4n) is 1.59. The van der Waals surface area contributed by atoms with E-state index in [1.165, 1.54) is 35.9 Å². The highest BCUT2D eigenvalue weighted by Gasteiger charge is 2.23. The summed E-state index contributed by atoms with van der Waals surface area (Å²) in [6.45, 7) is 1.88. The summed E-state index contributed by atoms with van der Waals surface area (Å²) in [4.78, 5) is 0. The van der Waals surface area contributed by atoms with Crippen molar-refractivity contribution in [3.8, 4) is 12.0 Å². The fraction of sp³-hybridized carbons (Fsp3) is 0.833. The number of aliphatic hydroxyl groups is 1. The van der Waals surface area contributed by atoms with E-state index in [2.05, 4.69) is 5.92 Å². The molecular formula is C12H20O2S2. The molecule has 2 atom stereocenters. The minimum absolute atomic E-state index is 0.587. The molecule has 92 valence electrons. The smallest absolute Gasteiger partial charge is 0.107 e. The first-order chi connectivity index (χ1) is 7.86. The fourth-order valence-corrected chi connectivity index (χ4v) is 3.80. The van der Waals surface area contributed by atoms with Crippen LogP contribution in [0.5, 0.6) is 0 Å². The van der Waals surface area contributed by atoms with Crippen molar-refractivity contribution in [3.63, 3.8) is 0 Å². The summed E-state index contributed by atoms with van der Waals surface area (Å²) in [5, 5.41) is 7.71. The Morgan fingerprint density at radius 3 is 2.00 bits per heavy atom. The first kappa shape index (κ1) is 14.1. The monoisotopic (exact) mass is 260 g/mol. The van der Waals surface area contributed by atoms with Crippen molar-refractivity contribution in [2.75, 3.05) is 23.0 Å². The molecular weight excluding hydrogens is 240 g/mol. The van der Waals surface area contributed by atoms with Crippen LogP contribution in [-0.2, 0) is 4.74 Å². The average Bonchev–Trinajstić information content (AvgIpc) is 2.94. The van der Waals surface area contributed by atoms with E-state index in [-0.39, 0.29) is 0 Å². The van der Waals surface area contributed by atoms with Crippen LogP contribution in [0.2, 0.25) is 0 Å². The third kappa shape index (κ3) is 5.93. The molecule has 2 unspecified atom stereocenters. The summed E-state index contributed by atoms with van der Waals surface area (Å²) >= 11 is 4.07. The molecule has 0 spiro atoms. The number of aliphatic hydroxyl groups excluding tert-OH is 1. The molecule has 2 fully saturated rings. The van der Waals surface area contributed by atoms with E-state index in [4.69, 9.17) is 9.84 Å². The van der Waals surface area contributed by atoms with Gasteiger partial charge < -0.3 is 9.84 Å². The minimum Gasteiger partial charge on any atom is -0.462 e. The Balaban J connectivity index is 0.000000221. The van der Waals surface area contributed by atoms with Gasteiger partial charge in [-0.2, -0.15) is 23.5 Å². The van der Waals surface area contributed by atoms with Gasteiger partial charge >= 0.3 is 0 Å². The first-order valence-corrected chi connectivity index (χ1v) is 8.10. The number of ether oxygens (including phenoxy) is 1. The van der Waals surface area contributed by atoms with Crippen molar-refractivity contribution in [3.05, 3.63) is 0 Å². The maximum atomic E-state index is 7.71.